The molecular weight excluding hydrogens is 216 g/mol. The van der Waals surface area contributed by atoms with Gasteiger partial charge in [-0.2, -0.15) is 0 Å². The molecule has 0 saturated carbocycles. The normalized spacial score (nSPS) is 33.1. The fourth-order valence-electron chi connectivity index (χ4n) is 4.36. The maximum Gasteiger partial charge on any atom is -0.00738 e. The van der Waals surface area contributed by atoms with Gasteiger partial charge in [-0.1, -0.05) is 48.9 Å². The molecule has 3 aliphatic carbocycles. The van der Waals surface area contributed by atoms with Crippen molar-refractivity contribution in [2.75, 3.05) is 0 Å². The Morgan fingerprint density at radius 3 is 2.94 bits per heavy atom. The highest BCUT2D eigenvalue weighted by atomic mass is 14.5. The van der Waals surface area contributed by atoms with Crippen molar-refractivity contribution in [1.29, 1.82) is 0 Å². The molecule has 0 saturated heterocycles. The number of allylic oxidation sites excluding steroid dienone is 4. The van der Waals surface area contributed by atoms with Crippen molar-refractivity contribution in [3.05, 3.63) is 53.1 Å². The van der Waals surface area contributed by atoms with Crippen molar-refractivity contribution in [2.24, 2.45) is 11.3 Å². The number of rotatable bonds is 0. The van der Waals surface area contributed by atoms with Crippen LogP contribution in [0.15, 0.2) is 42.0 Å². The first-order valence-corrected chi connectivity index (χ1v) is 7.26. The van der Waals surface area contributed by atoms with Crippen LogP contribution < -0.4 is 0 Å². The quantitative estimate of drug-likeness (QED) is 0.570. The van der Waals surface area contributed by atoms with E-state index < -0.39 is 0 Å². The van der Waals surface area contributed by atoms with Gasteiger partial charge in [0.25, 0.3) is 0 Å². The van der Waals surface area contributed by atoms with Crippen LogP contribution in [0.2, 0.25) is 0 Å². The average Bonchev–Trinajstić information content (AvgIpc) is 2.80. The summed E-state index contributed by atoms with van der Waals surface area (Å²) in [6, 6.07) is 9.05. The molecule has 1 aromatic rings. The molecule has 0 amide bonds. The second-order valence-electron chi connectivity index (χ2n) is 6.36. The molecule has 0 aromatic heterocycles. The molecule has 0 radical (unpaired) electrons. The molecule has 92 valence electrons. The third kappa shape index (κ3) is 1.32. The molecule has 0 bridgehead atoms. The first kappa shape index (κ1) is 10.6. The Kier molecular flexibility index (Phi) is 2.12. The second kappa shape index (κ2) is 3.60. The summed E-state index contributed by atoms with van der Waals surface area (Å²) in [5, 5.41) is 0. The monoisotopic (exact) mass is 236 g/mol. The van der Waals surface area contributed by atoms with Gasteiger partial charge >= 0.3 is 0 Å². The summed E-state index contributed by atoms with van der Waals surface area (Å²) in [4.78, 5) is 0. The smallest absolute Gasteiger partial charge is 0.00738 e. The Morgan fingerprint density at radius 2 is 2.00 bits per heavy atom. The van der Waals surface area contributed by atoms with Crippen LogP contribution in [0.4, 0.5) is 0 Å². The van der Waals surface area contributed by atoms with Crippen molar-refractivity contribution in [1.82, 2.24) is 0 Å². The van der Waals surface area contributed by atoms with Gasteiger partial charge in [0.15, 0.2) is 0 Å². The lowest BCUT2D eigenvalue weighted by Crippen LogP contribution is -2.29. The van der Waals surface area contributed by atoms with Crippen molar-refractivity contribution < 1.29 is 0 Å². The lowest BCUT2D eigenvalue weighted by atomic mass is 9.63. The first-order chi connectivity index (χ1) is 8.78. The Morgan fingerprint density at radius 1 is 1.11 bits per heavy atom. The molecule has 3 aliphatic rings. The van der Waals surface area contributed by atoms with Gasteiger partial charge in [0.1, 0.15) is 0 Å². The van der Waals surface area contributed by atoms with E-state index in [4.69, 9.17) is 0 Å². The highest BCUT2D eigenvalue weighted by Crippen LogP contribution is 2.55. The van der Waals surface area contributed by atoms with Gasteiger partial charge < -0.3 is 0 Å². The molecule has 0 N–H and O–H groups in total. The molecule has 0 fully saturated rings. The summed E-state index contributed by atoms with van der Waals surface area (Å²) in [6.45, 7) is 2.46. The van der Waals surface area contributed by atoms with E-state index in [1.54, 1.807) is 22.3 Å². The molecule has 0 spiro atoms. The molecule has 0 heterocycles. The highest BCUT2D eigenvalue weighted by molar-refractivity contribution is 5.75. The summed E-state index contributed by atoms with van der Waals surface area (Å²) in [6.07, 6.45) is 11.3. The summed E-state index contributed by atoms with van der Waals surface area (Å²) >= 11 is 0. The van der Waals surface area contributed by atoms with E-state index in [0.717, 1.165) is 5.92 Å². The Hall–Kier alpha value is -1.30. The molecule has 0 heteroatoms. The zero-order valence-corrected chi connectivity index (χ0v) is 11.1. The maximum absolute atomic E-state index is 2.49. The van der Waals surface area contributed by atoms with E-state index in [1.165, 1.54) is 32.1 Å². The largest absolute Gasteiger partial charge is 0.0873 e. The van der Waals surface area contributed by atoms with Gasteiger partial charge in [-0.15, -0.1) is 0 Å². The standard InChI is InChI=1S/C18H20/c1-18-11-4-7-17(18)16-9-8-13-5-2-3-6-14(13)15(16)10-12-18/h2-6,11,17H,7-10,12H2,1H3/t17-,18-/m0/s1. The predicted molar refractivity (Wildman–Crippen MR) is 76.3 cm³/mol. The van der Waals surface area contributed by atoms with E-state index in [2.05, 4.69) is 43.3 Å². The summed E-state index contributed by atoms with van der Waals surface area (Å²) in [5.41, 5.74) is 7.08. The number of fused-ring (bicyclic) bond motifs is 4. The van der Waals surface area contributed by atoms with Crippen molar-refractivity contribution >= 4 is 5.57 Å². The van der Waals surface area contributed by atoms with Crippen LogP contribution in [0.3, 0.4) is 0 Å². The Balaban J connectivity index is 1.86. The molecule has 0 nitrogen and oxygen atoms in total. The SMILES string of the molecule is C[C@@]12C=CC[C@H]1C1=C(CC2)c2ccccc2CC1. The molecule has 0 unspecified atom stereocenters. The lowest BCUT2D eigenvalue weighted by molar-refractivity contribution is 0.278. The minimum absolute atomic E-state index is 0.463. The van der Waals surface area contributed by atoms with Crippen LogP contribution in [0.1, 0.15) is 43.7 Å². The Bertz CT molecular complexity index is 561. The highest BCUT2D eigenvalue weighted by Gasteiger charge is 2.42. The van der Waals surface area contributed by atoms with Crippen LogP contribution in [0.5, 0.6) is 0 Å². The van der Waals surface area contributed by atoms with E-state index in [-0.39, 0.29) is 0 Å². The summed E-state index contributed by atoms with van der Waals surface area (Å²) in [5.74, 6) is 0.801. The van der Waals surface area contributed by atoms with Crippen molar-refractivity contribution in [2.45, 2.75) is 39.0 Å². The maximum atomic E-state index is 2.49. The number of hydrogen-bond donors (Lipinski definition) is 0. The molecular formula is C18H20. The average molecular weight is 236 g/mol. The van der Waals surface area contributed by atoms with Crippen LogP contribution in [-0.2, 0) is 6.42 Å². The van der Waals surface area contributed by atoms with E-state index in [9.17, 15) is 0 Å². The van der Waals surface area contributed by atoms with E-state index >= 15 is 0 Å². The zero-order chi connectivity index (χ0) is 12.2. The van der Waals surface area contributed by atoms with Crippen LogP contribution in [-0.4, -0.2) is 0 Å². The van der Waals surface area contributed by atoms with Gasteiger partial charge in [-0.3, -0.25) is 0 Å². The molecule has 4 rings (SSSR count). The van der Waals surface area contributed by atoms with Crippen molar-refractivity contribution in [3.8, 4) is 0 Å². The number of benzene rings is 1. The molecule has 0 aliphatic heterocycles. The Labute approximate surface area is 109 Å². The fourth-order valence-corrected chi connectivity index (χ4v) is 4.36. The topological polar surface area (TPSA) is 0 Å². The minimum atomic E-state index is 0.463. The fraction of sp³-hybridized carbons (Fsp3) is 0.444. The molecule has 1 aromatic carbocycles. The van der Waals surface area contributed by atoms with Crippen LogP contribution in [0, 0.1) is 11.3 Å². The van der Waals surface area contributed by atoms with Crippen LogP contribution in [0.25, 0.3) is 5.57 Å². The van der Waals surface area contributed by atoms with E-state index in [1.807, 2.05) is 0 Å². The van der Waals surface area contributed by atoms with Gasteiger partial charge in [0.2, 0.25) is 0 Å². The minimum Gasteiger partial charge on any atom is -0.0873 e. The van der Waals surface area contributed by atoms with Gasteiger partial charge in [0.05, 0.1) is 0 Å². The lowest BCUT2D eigenvalue weighted by Gasteiger charge is -2.41. The third-order valence-electron chi connectivity index (χ3n) is 5.39. The molecule has 18 heavy (non-hydrogen) atoms. The van der Waals surface area contributed by atoms with E-state index in [0.29, 0.717) is 5.41 Å². The number of aryl methyl sites for hydroxylation is 1. The van der Waals surface area contributed by atoms with Gasteiger partial charge in [-0.25, -0.2) is 0 Å². The van der Waals surface area contributed by atoms with Gasteiger partial charge in [-0.05, 0) is 60.1 Å². The predicted octanol–water partition coefficient (Wildman–Crippen LogP) is 4.76. The van der Waals surface area contributed by atoms with Gasteiger partial charge in [0, 0.05) is 0 Å². The number of hydrogen-bond acceptors (Lipinski definition) is 0. The van der Waals surface area contributed by atoms with Crippen LogP contribution >= 0.6 is 0 Å². The molecule has 2 atom stereocenters. The van der Waals surface area contributed by atoms with Crippen molar-refractivity contribution in [3.63, 3.8) is 0 Å². The second-order valence-corrected chi connectivity index (χ2v) is 6.36. The first-order valence-electron chi connectivity index (χ1n) is 7.26. The summed E-state index contributed by atoms with van der Waals surface area (Å²) < 4.78 is 0. The zero-order valence-electron chi connectivity index (χ0n) is 11.1. The summed E-state index contributed by atoms with van der Waals surface area (Å²) in [7, 11) is 0. The third-order valence-corrected chi connectivity index (χ3v) is 5.39.